The maximum Gasteiger partial charge on any atom is 0.188 e. The van der Waals surface area contributed by atoms with Crippen LogP contribution in [0, 0.1) is 0 Å². The molecule has 0 N–H and O–H groups in total. The molecule has 5 heteroatoms. The maximum absolute atomic E-state index is 10.9. The summed E-state index contributed by atoms with van der Waals surface area (Å²) in [5.74, 6) is 1.54. The highest BCUT2D eigenvalue weighted by molar-refractivity contribution is 8.12. The quantitative estimate of drug-likeness (QED) is 0.784. The van der Waals surface area contributed by atoms with Gasteiger partial charge in [0.05, 0.1) is 0 Å². The number of hydrogen-bond acceptors (Lipinski definition) is 5. The van der Waals surface area contributed by atoms with Crippen LogP contribution in [0.3, 0.4) is 0 Å². The molecule has 0 unspecified atom stereocenters. The Morgan fingerprint density at radius 2 is 2.22 bits per heavy atom. The molecular formula is C13H14O3S2. The zero-order valence-electron chi connectivity index (χ0n) is 10.3. The predicted octanol–water partition coefficient (Wildman–Crippen LogP) is 3.66. The molecule has 1 aromatic heterocycles. The van der Waals surface area contributed by atoms with Gasteiger partial charge < -0.3 is 9.47 Å². The van der Waals surface area contributed by atoms with Gasteiger partial charge in [-0.3, -0.25) is 4.79 Å². The summed E-state index contributed by atoms with van der Waals surface area (Å²) in [5.41, 5.74) is 0. The Kier molecular flexibility index (Phi) is 4.63. The number of rotatable bonds is 5. The number of thiophene rings is 1. The topological polar surface area (TPSA) is 35.5 Å². The Labute approximate surface area is 114 Å². The van der Waals surface area contributed by atoms with Gasteiger partial charge >= 0.3 is 0 Å². The molecule has 0 aliphatic heterocycles. The Morgan fingerprint density at radius 1 is 1.39 bits per heavy atom. The van der Waals surface area contributed by atoms with Crippen LogP contribution in [0.2, 0.25) is 0 Å². The lowest BCUT2D eigenvalue weighted by molar-refractivity contribution is -0.109. The maximum atomic E-state index is 10.9. The van der Waals surface area contributed by atoms with Crippen molar-refractivity contribution < 1.29 is 14.3 Å². The van der Waals surface area contributed by atoms with Gasteiger partial charge in [0.2, 0.25) is 0 Å². The molecule has 0 radical (unpaired) electrons. The average molecular weight is 282 g/mol. The van der Waals surface area contributed by atoms with Crippen molar-refractivity contribution in [1.82, 2.24) is 0 Å². The minimum Gasteiger partial charge on any atom is -0.468 e. The molecule has 0 aliphatic rings. The van der Waals surface area contributed by atoms with Gasteiger partial charge in [-0.2, -0.15) is 0 Å². The van der Waals surface area contributed by atoms with E-state index in [4.69, 9.17) is 9.47 Å². The first-order chi connectivity index (χ1) is 8.69. The van der Waals surface area contributed by atoms with Crippen molar-refractivity contribution >= 4 is 38.3 Å². The number of carbonyl (C=O) groups excluding carboxylic acids is 1. The summed E-state index contributed by atoms with van der Waals surface area (Å²) < 4.78 is 11.5. The fraction of sp³-hybridized carbons (Fsp3) is 0.308. The van der Waals surface area contributed by atoms with Crippen LogP contribution in [0.5, 0.6) is 5.75 Å². The highest BCUT2D eigenvalue weighted by atomic mass is 32.2. The van der Waals surface area contributed by atoms with Crippen molar-refractivity contribution in [2.24, 2.45) is 0 Å². The monoisotopic (exact) mass is 282 g/mol. The first-order valence-electron chi connectivity index (χ1n) is 5.46. The molecular weight excluding hydrogens is 268 g/mol. The van der Waals surface area contributed by atoms with Crippen LogP contribution in [-0.2, 0) is 15.3 Å². The number of benzene rings is 1. The molecule has 0 saturated carbocycles. The Bertz CT molecular complexity index is 548. The van der Waals surface area contributed by atoms with Crippen molar-refractivity contribution in [3.63, 3.8) is 0 Å². The minimum absolute atomic E-state index is 0.150. The van der Waals surface area contributed by atoms with E-state index in [1.807, 2.05) is 18.2 Å². The second-order valence-corrected chi connectivity index (χ2v) is 6.06. The fourth-order valence-electron chi connectivity index (χ4n) is 1.54. The van der Waals surface area contributed by atoms with E-state index in [1.54, 1.807) is 25.4 Å². The molecule has 0 bridgehead atoms. The average Bonchev–Trinajstić information content (AvgIpc) is 2.75. The lowest BCUT2D eigenvalue weighted by atomic mass is 10.2. The summed E-state index contributed by atoms with van der Waals surface area (Å²) in [7, 11) is 1.60. The van der Waals surface area contributed by atoms with Gasteiger partial charge in [-0.15, -0.1) is 11.3 Å². The van der Waals surface area contributed by atoms with Crippen molar-refractivity contribution in [2.45, 2.75) is 12.7 Å². The summed E-state index contributed by atoms with van der Waals surface area (Å²) in [5, 5.41) is 1.30. The van der Waals surface area contributed by atoms with Crippen LogP contribution >= 0.6 is 23.1 Å². The number of thioether (sulfide) groups is 1. The van der Waals surface area contributed by atoms with E-state index >= 15 is 0 Å². The van der Waals surface area contributed by atoms with Crippen molar-refractivity contribution in [1.29, 1.82) is 0 Å². The highest BCUT2D eigenvalue weighted by Crippen LogP contribution is 2.31. The summed E-state index contributed by atoms with van der Waals surface area (Å²) in [6.07, 6.45) is 0. The number of hydrogen-bond donors (Lipinski definition) is 0. The van der Waals surface area contributed by atoms with E-state index in [0.29, 0.717) is 0 Å². The zero-order chi connectivity index (χ0) is 13.0. The van der Waals surface area contributed by atoms with Crippen molar-refractivity contribution in [3.05, 3.63) is 29.1 Å². The SMILES string of the molecule is COCOc1ccc2sc(CSC(C)=O)cc2c1. The fourth-order valence-corrected chi connectivity index (χ4v) is 3.22. The lowest BCUT2D eigenvalue weighted by Crippen LogP contribution is -1.98. The molecule has 0 saturated heterocycles. The summed E-state index contributed by atoms with van der Waals surface area (Å²) in [6.45, 7) is 1.84. The molecule has 18 heavy (non-hydrogen) atoms. The number of fused-ring (bicyclic) bond motifs is 1. The Hall–Kier alpha value is -1.04. The Morgan fingerprint density at radius 3 is 2.94 bits per heavy atom. The van der Waals surface area contributed by atoms with Gasteiger partial charge in [0.25, 0.3) is 0 Å². The van der Waals surface area contributed by atoms with E-state index < -0.39 is 0 Å². The number of carbonyl (C=O) groups is 1. The first kappa shape index (κ1) is 13.4. The van der Waals surface area contributed by atoms with Crippen LogP contribution in [0.1, 0.15) is 11.8 Å². The van der Waals surface area contributed by atoms with Crippen LogP contribution in [0.25, 0.3) is 10.1 Å². The summed E-state index contributed by atoms with van der Waals surface area (Å²) in [4.78, 5) is 12.1. The third-order valence-electron chi connectivity index (χ3n) is 2.30. The van der Waals surface area contributed by atoms with Gasteiger partial charge in [-0.25, -0.2) is 0 Å². The van der Waals surface area contributed by atoms with Gasteiger partial charge in [0, 0.05) is 29.4 Å². The van der Waals surface area contributed by atoms with Crippen LogP contribution in [0.4, 0.5) is 0 Å². The molecule has 3 nitrogen and oxygen atoms in total. The van der Waals surface area contributed by atoms with Gasteiger partial charge in [0.1, 0.15) is 5.75 Å². The molecule has 2 aromatic rings. The molecule has 1 heterocycles. The summed E-state index contributed by atoms with van der Waals surface area (Å²) in [6, 6.07) is 8.06. The second-order valence-electron chi connectivity index (χ2n) is 3.74. The second kappa shape index (κ2) is 6.22. The zero-order valence-corrected chi connectivity index (χ0v) is 11.9. The third-order valence-corrected chi connectivity index (χ3v) is 4.46. The molecule has 0 fully saturated rings. The molecule has 1 aromatic carbocycles. The smallest absolute Gasteiger partial charge is 0.188 e. The van der Waals surface area contributed by atoms with E-state index in [9.17, 15) is 4.79 Å². The van der Waals surface area contributed by atoms with Gasteiger partial charge in [-0.05, 0) is 29.7 Å². The standard InChI is InChI=1S/C13H14O3S2/c1-9(14)17-7-12-6-10-5-11(16-8-15-2)3-4-13(10)18-12/h3-6H,7-8H2,1-2H3. The minimum atomic E-state index is 0.150. The van der Waals surface area contributed by atoms with Crippen molar-refractivity contribution in [3.8, 4) is 5.75 Å². The normalized spacial score (nSPS) is 10.8. The van der Waals surface area contributed by atoms with Crippen LogP contribution in [-0.4, -0.2) is 19.0 Å². The molecule has 0 atom stereocenters. The molecule has 96 valence electrons. The van der Waals surface area contributed by atoms with Gasteiger partial charge in [-0.1, -0.05) is 11.8 Å². The first-order valence-corrected chi connectivity index (χ1v) is 7.27. The number of methoxy groups -OCH3 is 1. The lowest BCUT2D eigenvalue weighted by Gasteiger charge is -2.03. The predicted molar refractivity (Wildman–Crippen MR) is 76.3 cm³/mol. The highest BCUT2D eigenvalue weighted by Gasteiger charge is 2.05. The van der Waals surface area contributed by atoms with E-state index in [-0.39, 0.29) is 11.9 Å². The molecule has 0 amide bonds. The van der Waals surface area contributed by atoms with E-state index in [0.717, 1.165) is 16.9 Å². The Balaban J connectivity index is 2.14. The molecule has 2 rings (SSSR count). The van der Waals surface area contributed by atoms with E-state index in [2.05, 4.69) is 6.07 Å². The molecule has 0 aliphatic carbocycles. The van der Waals surface area contributed by atoms with E-state index in [1.165, 1.54) is 21.3 Å². The molecule has 0 spiro atoms. The largest absolute Gasteiger partial charge is 0.468 e. The van der Waals surface area contributed by atoms with Crippen LogP contribution in [0.15, 0.2) is 24.3 Å². The summed E-state index contributed by atoms with van der Waals surface area (Å²) >= 11 is 3.05. The number of ether oxygens (including phenoxy) is 2. The van der Waals surface area contributed by atoms with Crippen LogP contribution < -0.4 is 4.74 Å². The van der Waals surface area contributed by atoms with Gasteiger partial charge in [0.15, 0.2) is 11.9 Å². The van der Waals surface area contributed by atoms with Crippen molar-refractivity contribution in [2.75, 3.05) is 13.9 Å². The third kappa shape index (κ3) is 3.48.